The van der Waals surface area contributed by atoms with E-state index in [4.69, 9.17) is 9.47 Å². The highest BCUT2D eigenvalue weighted by Gasteiger charge is 2.03. The number of carbonyl (C=O) groups excluding carboxylic acids is 1. The number of nitrogens with zero attached hydrogens (tertiary/aromatic N) is 1. The first kappa shape index (κ1) is 13.9. The van der Waals surface area contributed by atoms with E-state index in [1.165, 1.54) is 0 Å². The van der Waals surface area contributed by atoms with Crippen molar-refractivity contribution in [3.63, 3.8) is 0 Å². The average molecular weight is 275 g/mol. The zero-order valence-electron chi connectivity index (χ0n) is 11.3. The molecule has 0 spiro atoms. The largest absolute Gasteiger partial charge is 0.494 e. The molecule has 0 bridgehead atoms. The zero-order chi connectivity index (χ0) is 14.2. The minimum atomic E-state index is -0.187. The van der Waals surface area contributed by atoms with E-state index in [0.717, 1.165) is 11.4 Å². The van der Waals surface area contributed by atoms with Crippen molar-refractivity contribution in [2.45, 2.75) is 13.5 Å². The summed E-state index contributed by atoms with van der Waals surface area (Å²) in [6.45, 7) is 2.93. The van der Waals surface area contributed by atoms with Gasteiger partial charge in [0.05, 0.1) is 25.2 Å². The smallest absolute Gasteiger partial charge is 0.258 e. The summed E-state index contributed by atoms with van der Waals surface area (Å²) in [5, 5.41) is 2.73. The molecule has 2 aromatic rings. The molecule has 0 aliphatic heterocycles. The highest BCUT2D eigenvalue weighted by molar-refractivity contribution is 5.77. The third kappa shape index (κ3) is 4.31. The molecule has 6 heteroatoms. The molecule has 2 rings (SSSR count). The van der Waals surface area contributed by atoms with Gasteiger partial charge >= 0.3 is 0 Å². The van der Waals surface area contributed by atoms with Crippen molar-refractivity contribution in [2.75, 3.05) is 13.2 Å². The van der Waals surface area contributed by atoms with Crippen molar-refractivity contribution in [3.8, 4) is 11.5 Å². The van der Waals surface area contributed by atoms with Crippen LogP contribution in [0.4, 0.5) is 0 Å². The van der Waals surface area contributed by atoms with Crippen LogP contribution in [-0.4, -0.2) is 29.1 Å². The Bertz CT molecular complexity index is 523. The van der Waals surface area contributed by atoms with E-state index in [9.17, 15) is 4.79 Å². The van der Waals surface area contributed by atoms with Crippen molar-refractivity contribution >= 4 is 5.91 Å². The van der Waals surface area contributed by atoms with Gasteiger partial charge in [-0.1, -0.05) is 0 Å². The molecule has 1 heterocycles. The molecule has 0 unspecified atom stereocenters. The highest BCUT2D eigenvalue weighted by Crippen LogP contribution is 2.17. The highest BCUT2D eigenvalue weighted by atomic mass is 16.5. The third-order valence-electron chi connectivity index (χ3n) is 2.54. The van der Waals surface area contributed by atoms with Crippen LogP contribution in [0.2, 0.25) is 0 Å². The van der Waals surface area contributed by atoms with Crippen LogP contribution in [0.25, 0.3) is 0 Å². The molecular formula is C14H17N3O3. The normalized spacial score (nSPS) is 10.1. The van der Waals surface area contributed by atoms with Crippen LogP contribution in [0.1, 0.15) is 12.6 Å². The Kier molecular flexibility index (Phi) is 5.00. The Hall–Kier alpha value is -2.50. The lowest BCUT2D eigenvalue weighted by Gasteiger charge is -2.08. The molecule has 2 N–H and O–H groups in total. The fourth-order valence-corrected chi connectivity index (χ4v) is 1.57. The second-order valence-electron chi connectivity index (χ2n) is 4.05. The minimum Gasteiger partial charge on any atom is -0.494 e. The molecule has 0 radical (unpaired) electrons. The number of aromatic nitrogens is 2. The topological polar surface area (TPSA) is 76.2 Å². The summed E-state index contributed by atoms with van der Waals surface area (Å²) in [5.41, 5.74) is 0.847. The van der Waals surface area contributed by atoms with E-state index in [1.807, 2.05) is 6.92 Å². The van der Waals surface area contributed by atoms with Crippen LogP contribution in [0.5, 0.6) is 11.5 Å². The molecule has 20 heavy (non-hydrogen) atoms. The number of benzene rings is 1. The molecule has 0 aliphatic rings. The van der Waals surface area contributed by atoms with Crippen molar-refractivity contribution in [2.24, 2.45) is 0 Å². The summed E-state index contributed by atoms with van der Waals surface area (Å²) in [4.78, 5) is 18.4. The Morgan fingerprint density at radius 1 is 1.25 bits per heavy atom. The van der Waals surface area contributed by atoms with Crippen LogP contribution in [-0.2, 0) is 11.3 Å². The number of H-pyrrole nitrogens is 1. The van der Waals surface area contributed by atoms with Crippen molar-refractivity contribution in [1.29, 1.82) is 0 Å². The molecule has 0 saturated carbocycles. The average Bonchev–Trinajstić information content (AvgIpc) is 2.98. The lowest BCUT2D eigenvalue weighted by Crippen LogP contribution is -2.28. The number of ether oxygens (including phenoxy) is 2. The fourth-order valence-electron chi connectivity index (χ4n) is 1.57. The maximum absolute atomic E-state index is 11.6. The Labute approximate surface area is 117 Å². The van der Waals surface area contributed by atoms with Crippen LogP contribution in [0.15, 0.2) is 36.8 Å². The summed E-state index contributed by atoms with van der Waals surface area (Å²) in [6.07, 6.45) is 3.23. The van der Waals surface area contributed by atoms with Gasteiger partial charge < -0.3 is 19.8 Å². The second kappa shape index (κ2) is 7.18. The molecular weight excluding hydrogens is 258 g/mol. The summed E-state index contributed by atoms with van der Waals surface area (Å²) in [5.74, 6) is 1.22. The number of hydrogen-bond acceptors (Lipinski definition) is 4. The van der Waals surface area contributed by atoms with Gasteiger partial charge in [-0.15, -0.1) is 0 Å². The lowest BCUT2D eigenvalue weighted by atomic mass is 10.3. The molecule has 0 saturated heterocycles. The number of carbonyl (C=O) groups is 1. The number of amides is 1. The van der Waals surface area contributed by atoms with Gasteiger partial charge in [-0.2, -0.15) is 0 Å². The van der Waals surface area contributed by atoms with Gasteiger partial charge in [-0.3, -0.25) is 4.79 Å². The Balaban J connectivity index is 1.72. The van der Waals surface area contributed by atoms with Crippen LogP contribution >= 0.6 is 0 Å². The molecule has 0 fully saturated rings. The maximum Gasteiger partial charge on any atom is 0.258 e. The number of imidazole rings is 1. The number of rotatable bonds is 7. The van der Waals surface area contributed by atoms with Crippen molar-refractivity contribution in [3.05, 3.63) is 42.5 Å². The summed E-state index contributed by atoms with van der Waals surface area (Å²) in [6, 6.07) is 7.16. The van der Waals surface area contributed by atoms with Crippen molar-refractivity contribution in [1.82, 2.24) is 15.3 Å². The van der Waals surface area contributed by atoms with E-state index < -0.39 is 0 Å². The monoisotopic (exact) mass is 275 g/mol. The molecule has 0 aliphatic carbocycles. The van der Waals surface area contributed by atoms with Gasteiger partial charge in [0.1, 0.15) is 11.5 Å². The van der Waals surface area contributed by atoms with Gasteiger partial charge in [-0.25, -0.2) is 4.98 Å². The van der Waals surface area contributed by atoms with Gasteiger partial charge in [0.2, 0.25) is 0 Å². The Morgan fingerprint density at radius 2 is 1.95 bits per heavy atom. The van der Waals surface area contributed by atoms with Gasteiger partial charge in [0, 0.05) is 6.20 Å². The predicted octanol–water partition coefficient (Wildman–Crippen LogP) is 1.50. The first-order valence-corrected chi connectivity index (χ1v) is 6.37. The van der Waals surface area contributed by atoms with Crippen molar-refractivity contribution < 1.29 is 14.3 Å². The molecule has 0 atom stereocenters. The standard InChI is InChI=1S/C14H17N3O3/c1-2-19-12-3-5-13(6-4-12)20-9-14(18)16-8-11-7-15-10-17-11/h3-7,10H,2,8-9H2,1H3,(H,15,17)(H,16,18). The van der Waals surface area contributed by atoms with E-state index >= 15 is 0 Å². The summed E-state index contributed by atoms with van der Waals surface area (Å²) in [7, 11) is 0. The van der Waals surface area contributed by atoms with Gasteiger partial charge in [0.15, 0.2) is 6.61 Å². The fraction of sp³-hybridized carbons (Fsp3) is 0.286. The van der Waals surface area contributed by atoms with Crippen LogP contribution in [0, 0.1) is 0 Å². The van der Waals surface area contributed by atoms with E-state index in [1.54, 1.807) is 36.8 Å². The third-order valence-corrected chi connectivity index (χ3v) is 2.54. The first-order valence-electron chi connectivity index (χ1n) is 6.37. The Morgan fingerprint density at radius 3 is 2.55 bits per heavy atom. The van der Waals surface area contributed by atoms with E-state index in [0.29, 0.717) is 18.9 Å². The van der Waals surface area contributed by atoms with Gasteiger partial charge in [-0.05, 0) is 31.2 Å². The predicted molar refractivity (Wildman–Crippen MR) is 73.5 cm³/mol. The van der Waals surface area contributed by atoms with Gasteiger partial charge in [0.25, 0.3) is 5.91 Å². The molecule has 1 aromatic heterocycles. The maximum atomic E-state index is 11.6. The van der Waals surface area contributed by atoms with Crippen LogP contribution < -0.4 is 14.8 Å². The molecule has 106 valence electrons. The molecule has 1 amide bonds. The SMILES string of the molecule is CCOc1ccc(OCC(=O)NCc2cnc[nH]2)cc1. The quantitative estimate of drug-likeness (QED) is 0.803. The minimum absolute atomic E-state index is 0.0257. The van der Waals surface area contributed by atoms with Crippen LogP contribution in [0.3, 0.4) is 0 Å². The number of nitrogens with one attached hydrogen (secondary N) is 2. The summed E-state index contributed by atoms with van der Waals surface area (Å²) >= 11 is 0. The lowest BCUT2D eigenvalue weighted by molar-refractivity contribution is -0.123. The number of hydrogen-bond donors (Lipinski definition) is 2. The number of aromatic amines is 1. The summed E-state index contributed by atoms with van der Waals surface area (Å²) < 4.78 is 10.7. The molecule has 1 aromatic carbocycles. The van der Waals surface area contributed by atoms with E-state index in [2.05, 4.69) is 15.3 Å². The first-order chi connectivity index (χ1) is 9.78. The van der Waals surface area contributed by atoms with E-state index in [-0.39, 0.29) is 12.5 Å². The molecule has 6 nitrogen and oxygen atoms in total. The zero-order valence-corrected chi connectivity index (χ0v) is 11.3. The second-order valence-corrected chi connectivity index (χ2v) is 4.05.